The van der Waals surface area contributed by atoms with E-state index in [2.05, 4.69) is 11.4 Å². The van der Waals surface area contributed by atoms with E-state index in [1.807, 2.05) is 6.07 Å². The number of rotatable bonds is 6. The summed E-state index contributed by atoms with van der Waals surface area (Å²) in [5, 5.41) is 2.07. The molecule has 0 bridgehead atoms. The minimum absolute atomic E-state index is 0.192. The summed E-state index contributed by atoms with van der Waals surface area (Å²) in [6, 6.07) is 4.15. The number of nitrogens with two attached hydrogens (primary N) is 1. The average molecular weight is 226 g/mol. The lowest BCUT2D eigenvalue weighted by molar-refractivity contribution is -0.129. The number of hydrogen-bond acceptors (Lipinski definition) is 3. The molecule has 1 rings (SSSR count). The molecule has 1 aromatic heterocycles. The zero-order valence-electron chi connectivity index (χ0n) is 9.11. The summed E-state index contributed by atoms with van der Waals surface area (Å²) in [6.45, 7) is 1.19. The quantitative estimate of drug-likeness (QED) is 0.799. The second-order valence-corrected chi connectivity index (χ2v) is 4.57. The molecule has 15 heavy (non-hydrogen) atoms. The molecule has 3 nitrogen and oxygen atoms in total. The fourth-order valence-electron chi connectivity index (χ4n) is 1.38. The van der Waals surface area contributed by atoms with Gasteiger partial charge in [0.05, 0.1) is 0 Å². The first-order valence-electron chi connectivity index (χ1n) is 5.20. The maximum absolute atomic E-state index is 11.5. The van der Waals surface area contributed by atoms with Crippen LogP contribution in [0.2, 0.25) is 0 Å². The molecule has 0 saturated carbocycles. The van der Waals surface area contributed by atoms with Crippen LogP contribution in [0.1, 0.15) is 17.7 Å². The van der Waals surface area contributed by atoms with E-state index in [1.54, 1.807) is 23.3 Å². The molecule has 0 radical (unpaired) electrons. The monoisotopic (exact) mass is 226 g/mol. The lowest BCUT2D eigenvalue weighted by atomic mass is 10.2. The summed E-state index contributed by atoms with van der Waals surface area (Å²) in [7, 11) is 1.81. The molecular formula is C11H18N2OS. The van der Waals surface area contributed by atoms with Gasteiger partial charge in [0, 0.05) is 31.4 Å². The Labute approximate surface area is 94.9 Å². The highest BCUT2D eigenvalue weighted by Crippen LogP contribution is 2.12. The molecule has 0 aliphatic carbocycles. The van der Waals surface area contributed by atoms with Crippen LogP contribution in [0.5, 0.6) is 0 Å². The summed E-state index contributed by atoms with van der Waals surface area (Å²) in [4.78, 5) is 14.6. The van der Waals surface area contributed by atoms with E-state index < -0.39 is 0 Å². The Kier molecular flexibility index (Phi) is 5.36. The number of hydrogen-bond donors (Lipinski definition) is 1. The van der Waals surface area contributed by atoms with Gasteiger partial charge in [-0.15, -0.1) is 11.3 Å². The third-order valence-corrected chi connectivity index (χ3v) is 3.22. The Morgan fingerprint density at radius 3 is 3.00 bits per heavy atom. The maximum Gasteiger partial charge on any atom is 0.222 e. The van der Waals surface area contributed by atoms with E-state index in [0.29, 0.717) is 19.5 Å². The van der Waals surface area contributed by atoms with Gasteiger partial charge in [0.25, 0.3) is 0 Å². The fraction of sp³-hybridized carbons (Fsp3) is 0.545. The number of carbonyl (C=O) groups excluding carboxylic acids is 1. The molecule has 1 amide bonds. The Morgan fingerprint density at radius 2 is 2.40 bits per heavy atom. The van der Waals surface area contributed by atoms with Crippen LogP contribution in [0.4, 0.5) is 0 Å². The predicted octanol–water partition coefficient (Wildman–Crippen LogP) is 1.49. The lowest BCUT2D eigenvalue weighted by Gasteiger charge is -2.15. The highest BCUT2D eigenvalue weighted by molar-refractivity contribution is 7.09. The largest absolute Gasteiger partial charge is 0.344 e. The van der Waals surface area contributed by atoms with E-state index >= 15 is 0 Å². The minimum atomic E-state index is 0.192. The first-order valence-corrected chi connectivity index (χ1v) is 6.08. The van der Waals surface area contributed by atoms with Crippen molar-refractivity contribution < 1.29 is 4.79 Å². The summed E-state index contributed by atoms with van der Waals surface area (Å²) >= 11 is 1.75. The van der Waals surface area contributed by atoms with E-state index in [0.717, 1.165) is 12.8 Å². The van der Waals surface area contributed by atoms with Gasteiger partial charge < -0.3 is 10.6 Å². The van der Waals surface area contributed by atoms with Crippen LogP contribution in [-0.4, -0.2) is 30.9 Å². The highest BCUT2D eigenvalue weighted by atomic mass is 32.1. The fourth-order valence-corrected chi connectivity index (χ4v) is 2.13. The molecule has 0 fully saturated rings. The molecule has 1 aromatic rings. The minimum Gasteiger partial charge on any atom is -0.344 e. The molecule has 1 heterocycles. The van der Waals surface area contributed by atoms with Crippen molar-refractivity contribution in [1.29, 1.82) is 0 Å². The summed E-state index contributed by atoms with van der Waals surface area (Å²) in [5.74, 6) is 0.192. The molecule has 2 N–H and O–H groups in total. The van der Waals surface area contributed by atoms with Crippen molar-refractivity contribution in [1.82, 2.24) is 4.90 Å². The number of nitrogens with zero attached hydrogens (tertiary/aromatic N) is 1. The Hall–Kier alpha value is -0.870. The lowest BCUT2D eigenvalue weighted by Crippen LogP contribution is -2.31. The molecule has 0 aromatic carbocycles. The molecule has 4 heteroatoms. The molecule has 0 spiro atoms. The van der Waals surface area contributed by atoms with Crippen molar-refractivity contribution in [3.63, 3.8) is 0 Å². The van der Waals surface area contributed by atoms with Gasteiger partial charge in [-0.3, -0.25) is 4.79 Å². The standard InChI is InChI=1S/C11H18N2OS/c1-13(8-7-12)11(14)6-2-4-10-5-3-9-15-10/h3,5,9H,2,4,6-8,12H2,1H3. The van der Waals surface area contributed by atoms with E-state index in [1.165, 1.54) is 4.88 Å². The number of carbonyl (C=O) groups is 1. The normalized spacial score (nSPS) is 10.3. The van der Waals surface area contributed by atoms with Gasteiger partial charge in [0.15, 0.2) is 0 Å². The Morgan fingerprint density at radius 1 is 1.60 bits per heavy atom. The maximum atomic E-state index is 11.5. The smallest absolute Gasteiger partial charge is 0.222 e. The van der Waals surface area contributed by atoms with Gasteiger partial charge in [0.1, 0.15) is 0 Å². The molecule has 0 saturated heterocycles. The van der Waals surface area contributed by atoms with Crippen LogP contribution >= 0.6 is 11.3 Å². The average Bonchev–Trinajstić information content (AvgIpc) is 2.71. The van der Waals surface area contributed by atoms with Gasteiger partial charge >= 0.3 is 0 Å². The first-order chi connectivity index (χ1) is 7.24. The van der Waals surface area contributed by atoms with Crippen molar-refractivity contribution in [2.45, 2.75) is 19.3 Å². The SMILES string of the molecule is CN(CCN)C(=O)CCCc1cccs1. The summed E-state index contributed by atoms with van der Waals surface area (Å²) in [6.07, 6.45) is 2.54. The van der Waals surface area contributed by atoms with E-state index in [4.69, 9.17) is 5.73 Å². The highest BCUT2D eigenvalue weighted by Gasteiger charge is 2.07. The molecular weight excluding hydrogens is 208 g/mol. The zero-order valence-corrected chi connectivity index (χ0v) is 9.93. The zero-order chi connectivity index (χ0) is 11.1. The summed E-state index contributed by atoms with van der Waals surface area (Å²) < 4.78 is 0. The molecule has 0 unspecified atom stereocenters. The second kappa shape index (κ2) is 6.58. The van der Waals surface area contributed by atoms with Gasteiger partial charge in [-0.25, -0.2) is 0 Å². The third-order valence-electron chi connectivity index (χ3n) is 2.28. The van der Waals surface area contributed by atoms with Gasteiger partial charge in [-0.05, 0) is 24.3 Å². The van der Waals surface area contributed by atoms with Crippen molar-refractivity contribution in [3.8, 4) is 0 Å². The number of thiophene rings is 1. The van der Waals surface area contributed by atoms with Crippen LogP contribution in [0.15, 0.2) is 17.5 Å². The van der Waals surface area contributed by atoms with Gasteiger partial charge in [0.2, 0.25) is 5.91 Å². The second-order valence-electron chi connectivity index (χ2n) is 3.54. The predicted molar refractivity (Wildman–Crippen MR) is 63.9 cm³/mol. The first kappa shape index (κ1) is 12.2. The molecule has 84 valence electrons. The number of likely N-dealkylation sites (N-methyl/N-ethyl adjacent to an activating group) is 1. The van der Waals surface area contributed by atoms with Crippen molar-refractivity contribution >= 4 is 17.2 Å². The van der Waals surface area contributed by atoms with Crippen LogP contribution in [0.3, 0.4) is 0 Å². The van der Waals surface area contributed by atoms with Crippen LogP contribution in [0.25, 0.3) is 0 Å². The molecule has 0 atom stereocenters. The van der Waals surface area contributed by atoms with Crippen molar-refractivity contribution in [3.05, 3.63) is 22.4 Å². The summed E-state index contributed by atoms with van der Waals surface area (Å²) in [5.41, 5.74) is 5.38. The number of aryl methyl sites for hydroxylation is 1. The van der Waals surface area contributed by atoms with Crippen LogP contribution in [0, 0.1) is 0 Å². The third kappa shape index (κ3) is 4.44. The molecule has 0 aliphatic heterocycles. The van der Waals surface area contributed by atoms with Gasteiger partial charge in [-0.1, -0.05) is 6.07 Å². The topological polar surface area (TPSA) is 46.3 Å². The van der Waals surface area contributed by atoms with Crippen molar-refractivity contribution in [2.24, 2.45) is 5.73 Å². The number of amides is 1. The van der Waals surface area contributed by atoms with Gasteiger partial charge in [-0.2, -0.15) is 0 Å². The van der Waals surface area contributed by atoms with Crippen LogP contribution < -0.4 is 5.73 Å². The van der Waals surface area contributed by atoms with E-state index in [-0.39, 0.29) is 5.91 Å². The van der Waals surface area contributed by atoms with Crippen molar-refractivity contribution in [2.75, 3.05) is 20.1 Å². The Bertz CT molecular complexity index is 285. The van der Waals surface area contributed by atoms with E-state index in [9.17, 15) is 4.79 Å². The Balaban J connectivity index is 2.17. The van der Waals surface area contributed by atoms with Crippen LogP contribution in [-0.2, 0) is 11.2 Å². The molecule has 0 aliphatic rings.